The predicted molar refractivity (Wildman–Crippen MR) is 102 cm³/mol. The highest BCUT2D eigenvalue weighted by atomic mass is 32.1. The molecule has 2 heterocycles. The topological polar surface area (TPSA) is 57.8 Å². The van der Waals surface area contributed by atoms with Gasteiger partial charge >= 0.3 is 0 Å². The summed E-state index contributed by atoms with van der Waals surface area (Å²) >= 11 is 1.54. The van der Waals surface area contributed by atoms with Crippen molar-refractivity contribution in [3.8, 4) is 22.0 Å². The maximum atomic E-state index is 14.7. The Morgan fingerprint density at radius 3 is 2.65 bits per heavy atom. The second-order valence-electron chi connectivity index (χ2n) is 5.93. The summed E-state index contributed by atoms with van der Waals surface area (Å²) in [6, 6.07) is 13.7. The van der Waals surface area contributed by atoms with E-state index in [1.807, 2.05) is 42.6 Å². The molecule has 130 valence electrons. The van der Waals surface area contributed by atoms with E-state index in [1.54, 1.807) is 10.6 Å². The number of thiophene rings is 1. The Labute approximate surface area is 153 Å². The van der Waals surface area contributed by atoms with Crippen molar-refractivity contribution in [2.75, 3.05) is 0 Å². The van der Waals surface area contributed by atoms with Crippen LogP contribution in [0, 0.1) is 12.7 Å². The first-order valence-electron chi connectivity index (χ1n) is 7.96. The van der Waals surface area contributed by atoms with Crippen molar-refractivity contribution >= 4 is 28.5 Å². The molecule has 0 unspecified atom stereocenters. The molecule has 2 aromatic carbocycles. The zero-order chi connectivity index (χ0) is 18.3. The van der Waals surface area contributed by atoms with Crippen LogP contribution in [0.1, 0.15) is 11.1 Å². The summed E-state index contributed by atoms with van der Waals surface area (Å²) in [6.45, 7) is 1.99. The molecule has 2 N–H and O–H groups in total. The number of benzene rings is 2. The molecule has 4 aromatic rings. The van der Waals surface area contributed by atoms with Crippen LogP contribution in [0.2, 0.25) is 0 Å². The first-order valence-corrected chi connectivity index (χ1v) is 8.84. The minimum absolute atomic E-state index is 0.131. The fraction of sp³-hybridized carbons (Fsp3) is 0.0500. The number of phenols is 1. The Hall–Kier alpha value is -3.12. The number of halogens is 1. The van der Waals surface area contributed by atoms with Gasteiger partial charge < -0.3 is 14.9 Å². The van der Waals surface area contributed by atoms with Gasteiger partial charge in [0.25, 0.3) is 0 Å². The Bertz CT molecular complexity index is 1140. The molecule has 0 spiro atoms. The van der Waals surface area contributed by atoms with E-state index in [9.17, 15) is 14.7 Å². The number of hydrogen-bond donors (Lipinski definition) is 2. The largest absolute Gasteiger partial charge is 0.508 e. The van der Waals surface area contributed by atoms with Crippen molar-refractivity contribution in [1.82, 2.24) is 4.57 Å². The number of rotatable bonds is 3. The van der Waals surface area contributed by atoms with Gasteiger partial charge in [-0.2, -0.15) is 0 Å². The summed E-state index contributed by atoms with van der Waals surface area (Å²) in [6.07, 6.45) is 1.38. The van der Waals surface area contributed by atoms with Gasteiger partial charge in [-0.15, -0.1) is 11.3 Å². The first-order chi connectivity index (χ1) is 12.6. The van der Waals surface area contributed by atoms with Gasteiger partial charge in [0, 0.05) is 17.0 Å². The van der Waals surface area contributed by atoms with E-state index in [0.717, 1.165) is 33.1 Å². The molecule has 4 nitrogen and oxygen atoms in total. The molecule has 2 aromatic heterocycles. The molecule has 0 aliphatic rings. The second kappa shape index (κ2) is 6.31. The number of nitrogens with zero attached hydrogens (tertiary/aromatic N) is 2. The van der Waals surface area contributed by atoms with Crippen molar-refractivity contribution in [2.45, 2.75) is 6.92 Å². The SMILES string of the molecule is Cc1ccsc1-c1c(/C=N/O)c2ccccc2n1-c1ccc(O)cc1F. The Balaban J connectivity index is 2.19. The molecule has 4 rings (SSSR count). The molecule has 0 bridgehead atoms. The smallest absolute Gasteiger partial charge is 0.150 e. The number of aromatic nitrogens is 1. The van der Waals surface area contributed by atoms with E-state index in [-0.39, 0.29) is 5.75 Å². The Morgan fingerprint density at radius 2 is 1.96 bits per heavy atom. The van der Waals surface area contributed by atoms with Crippen LogP contribution in [0.4, 0.5) is 4.39 Å². The van der Waals surface area contributed by atoms with Crippen LogP contribution < -0.4 is 0 Å². The third-order valence-corrected chi connectivity index (χ3v) is 5.37. The molecule has 6 heteroatoms. The van der Waals surface area contributed by atoms with Crippen LogP contribution in [-0.2, 0) is 0 Å². The molecule has 0 radical (unpaired) electrons. The summed E-state index contributed by atoms with van der Waals surface area (Å²) < 4.78 is 16.5. The van der Waals surface area contributed by atoms with Gasteiger partial charge in [0.05, 0.1) is 28.0 Å². The van der Waals surface area contributed by atoms with Crippen molar-refractivity contribution in [3.05, 3.63) is 70.9 Å². The number of aryl methyl sites for hydroxylation is 1. The lowest BCUT2D eigenvalue weighted by Crippen LogP contribution is -2.01. The number of hydrogen-bond acceptors (Lipinski definition) is 4. The average molecular weight is 366 g/mol. The van der Waals surface area contributed by atoms with Gasteiger partial charge in [-0.05, 0) is 42.1 Å². The molecule has 0 atom stereocenters. The van der Waals surface area contributed by atoms with Crippen LogP contribution >= 0.6 is 11.3 Å². The molecular formula is C20H15FN2O2S. The van der Waals surface area contributed by atoms with Crippen molar-refractivity contribution in [1.29, 1.82) is 0 Å². The molecular weight excluding hydrogens is 351 g/mol. The van der Waals surface area contributed by atoms with Crippen molar-refractivity contribution < 1.29 is 14.7 Å². The average Bonchev–Trinajstić information content (AvgIpc) is 3.17. The van der Waals surface area contributed by atoms with Gasteiger partial charge in [-0.25, -0.2) is 4.39 Å². The molecule has 0 fully saturated rings. The summed E-state index contributed by atoms with van der Waals surface area (Å²) in [5, 5.41) is 24.8. The number of oxime groups is 1. The van der Waals surface area contributed by atoms with Crippen LogP contribution in [-0.4, -0.2) is 21.1 Å². The molecule has 0 saturated heterocycles. The van der Waals surface area contributed by atoms with E-state index in [4.69, 9.17) is 0 Å². The molecule has 0 aliphatic carbocycles. The molecule has 0 saturated carbocycles. The fourth-order valence-electron chi connectivity index (χ4n) is 3.22. The molecule has 0 aliphatic heterocycles. The van der Waals surface area contributed by atoms with Crippen molar-refractivity contribution in [2.24, 2.45) is 5.16 Å². The number of fused-ring (bicyclic) bond motifs is 1. The van der Waals surface area contributed by atoms with E-state index < -0.39 is 5.82 Å². The Morgan fingerprint density at radius 1 is 1.15 bits per heavy atom. The predicted octanol–water partition coefficient (Wildman–Crippen LogP) is 5.32. The first kappa shape index (κ1) is 16.4. The molecule has 26 heavy (non-hydrogen) atoms. The van der Waals surface area contributed by atoms with Gasteiger partial charge in [0.1, 0.15) is 5.75 Å². The maximum absolute atomic E-state index is 14.7. The fourth-order valence-corrected chi connectivity index (χ4v) is 4.19. The van der Waals surface area contributed by atoms with Gasteiger partial charge in [0.15, 0.2) is 5.82 Å². The molecule has 0 amide bonds. The second-order valence-corrected chi connectivity index (χ2v) is 6.84. The van der Waals surface area contributed by atoms with Gasteiger partial charge in [-0.3, -0.25) is 0 Å². The minimum Gasteiger partial charge on any atom is -0.508 e. The van der Waals surface area contributed by atoms with Crippen LogP contribution in [0.15, 0.2) is 59.1 Å². The Kier molecular flexibility index (Phi) is 3.97. The number of para-hydroxylation sites is 1. The highest BCUT2D eigenvalue weighted by Gasteiger charge is 2.22. The quantitative estimate of drug-likeness (QED) is 0.293. The zero-order valence-corrected chi connectivity index (χ0v) is 14.7. The van der Waals surface area contributed by atoms with Gasteiger partial charge in [0.2, 0.25) is 0 Å². The highest BCUT2D eigenvalue weighted by Crippen LogP contribution is 2.40. The van der Waals surface area contributed by atoms with Crippen LogP contribution in [0.5, 0.6) is 5.75 Å². The van der Waals surface area contributed by atoms with Crippen LogP contribution in [0.3, 0.4) is 0 Å². The van der Waals surface area contributed by atoms with Crippen molar-refractivity contribution in [3.63, 3.8) is 0 Å². The van der Waals surface area contributed by atoms with E-state index in [2.05, 4.69) is 5.16 Å². The maximum Gasteiger partial charge on any atom is 0.150 e. The van der Waals surface area contributed by atoms with E-state index in [0.29, 0.717) is 11.3 Å². The lowest BCUT2D eigenvalue weighted by Gasteiger charge is -2.13. The highest BCUT2D eigenvalue weighted by molar-refractivity contribution is 7.13. The summed E-state index contributed by atoms with van der Waals surface area (Å²) in [5.74, 6) is -0.664. The van der Waals surface area contributed by atoms with E-state index in [1.165, 1.54) is 23.6 Å². The van der Waals surface area contributed by atoms with Gasteiger partial charge in [-0.1, -0.05) is 23.4 Å². The zero-order valence-electron chi connectivity index (χ0n) is 13.8. The third kappa shape index (κ3) is 2.46. The summed E-state index contributed by atoms with van der Waals surface area (Å²) in [7, 11) is 0. The van der Waals surface area contributed by atoms with Crippen LogP contribution in [0.25, 0.3) is 27.2 Å². The monoisotopic (exact) mass is 366 g/mol. The lowest BCUT2D eigenvalue weighted by atomic mass is 10.1. The van der Waals surface area contributed by atoms with E-state index >= 15 is 0 Å². The third-order valence-electron chi connectivity index (χ3n) is 4.35. The normalized spacial score (nSPS) is 11.6. The number of aromatic hydroxyl groups is 1. The summed E-state index contributed by atoms with van der Waals surface area (Å²) in [5.41, 5.74) is 3.61. The minimum atomic E-state index is -0.534. The summed E-state index contributed by atoms with van der Waals surface area (Å²) in [4.78, 5) is 0.962. The number of phenolic OH excluding ortho intramolecular Hbond substituents is 1. The standard InChI is InChI=1S/C20H15FN2O2S/c1-12-8-9-26-20(12)19-15(11-22-25)14-4-2-3-5-17(14)23(19)18-7-6-13(24)10-16(18)21/h2-11,24-25H,1H3/b22-11+. The lowest BCUT2D eigenvalue weighted by molar-refractivity contribution is 0.322.